The van der Waals surface area contributed by atoms with Crippen molar-refractivity contribution in [3.63, 3.8) is 0 Å². The molecule has 18 heavy (non-hydrogen) atoms. The van der Waals surface area contributed by atoms with Gasteiger partial charge in [0.25, 0.3) is 0 Å². The van der Waals surface area contributed by atoms with Crippen LogP contribution >= 0.6 is 0 Å². The third kappa shape index (κ3) is 5.31. The van der Waals surface area contributed by atoms with Crippen LogP contribution in [-0.4, -0.2) is 40.5 Å². The predicted octanol–water partition coefficient (Wildman–Crippen LogP) is 1.98. The molecule has 3 N–H and O–H groups in total. The summed E-state index contributed by atoms with van der Waals surface area (Å²) in [6.45, 7) is 9.94. The van der Waals surface area contributed by atoms with Crippen LogP contribution in [0.2, 0.25) is 0 Å². The van der Waals surface area contributed by atoms with Crippen LogP contribution < -0.4 is 11.1 Å². The van der Waals surface area contributed by atoms with E-state index in [1.807, 2.05) is 0 Å². The molecule has 0 fully saturated rings. The normalized spacial score (nSPS) is 12.7. The first kappa shape index (κ1) is 14.7. The number of nitrogens with zero attached hydrogens (tertiary/aromatic N) is 3. The molecule has 1 heterocycles. The van der Waals surface area contributed by atoms with Gasteiger partial charge in [0.15, 0.2) is 0 Å². The smallest absolute Gasteiger partial charge is 0.224 e. The highest BCUT2D eigenvalue weighted by atomic mass is 15.1. The fourth-order valence-electron chi connectivity index (χ4n) is 1.90. The van der Waals surface area contributed by atoms with Crippen molar-refractivity contribution < 1.29 is 0 Å². The molecule has 0 spiro atoms. The molecule has 0 aliphatic carbocycles. The number of hydrogen-bond acceptors (Lipinski definition) is 5. The van der Waals surface area contributed by atoms with Crippen LogP contribution in [-0.2, 0) is 0 Å². The summed E-state index contributed by atoms with van der Waals surface area (Å²) in [5.74, 6) is 1.12. The molecule has 0 amide bonds. The summed E-state index contributed by atoms with van der Waals surface area (Å²) >= 11 is 0. The van der Waals surface area contributed by atoms with E-state index in [-0.39, 0.29) is 0 Å². The first-order valence-corrected chi connectivity index (χ1v) is 6.73. The van der Waals surface area contributed by atoms with Gasteiger partial charge in [-0.2, -0.15) is 4.98 Å². The number of hydrogen-bond donors (Lipinski definition) is 2. The van der Waals surface area contributed by atoms with Crippen molar-refractivity contribution in [3.8, 4) is 0 Å². The molecule has 5 nitrogen and oxygen atoms in total. The minimum Gasteiger partial charge on any atom is -0.384 e. The van der Waals surface area contributed by atoms with E-state index >= 15 is 0 Å². The van der Waals surface area contributed by atoms with Crippen molar-refractivity contribution in [2.75, 3.05) is 30.7 Å². The fraction of sp³-hybridized carbons (Fsp3) is 0.692. The van der Waals surface area contributed by atoms with Crippen LogP contribution in [0.4, 0.5) is 11.8 Å². The number of aromatic nitrogens is 2. The van der Waals surface area contributed by atoms with Gasteiger partial charge in [-0.3, -0.25) is 0 Å². The molecule has 0 aliphatic heterocycles. The average Bonchev–Trinajstić information content (AvgIpc) is 2.34. The SMILES string of the molecule is CCN(CC)CCCC(C)Nc1nccc(N)n1. The molecule has 0 saturated carbocycles. The van der Waals surface area contributed by atoms with Gasteiger partial charge in [0.2, 0.25) is 5.95 Å². The topological polar surface area (TPSA) is 67.1 Å². The Labute approximate surface area is 110 Å². The number of rotatable bonds is 8. The summed E-state index contributed by atoms with van der Waals surface area (Å²) < 4.78 is 0. The minimum absolute atomic E-state index is 0.363. The van der Waals surface area contributed by atoms with E-state index in [9.17, 15) is 0 Å². The summed E-state index contributed by atoms with van der Waals surface area (Å²) in [5, 5.41) is 3.27. The number of nitrogens with two attached hydrogens (primary N) is 1. The van der Waals surface area contributed by atoms with Crippen LogP contribution in [0, 0.1) is 0 Å². The van der Waals surface area contributed by atoms with Gasteiger partial charge in [0.05, 0.1) is 0 Å². The van der Waals surface area contributed by atoms with Crippen molar-refractivity contribution in [2.45, 2.75) is 39.7 Å². The molecule has 1 aromatic heterocycles. The van der Waals surface area contributed by atoms with Crippen molar-refractivity contribution in [2.24, 2.45) is 0 Å². The second-order valence-corrected chi connectivity index (χ2v) is 4.52. The fourth-order valence-corrected chi connectivity index (χ4v) is 1.90. The molecule has 1 rings (SSSR count). The zero-order chi connectivity index (χ0) is 13.4. The summed E-state index contributed by atoms with van der Waals surface area (Å²) in [6, 6.07) is 2.05. The minimum atomic E-state index is 0.363. The molecule has 1 unspecified atom stereocenters. The van der Waals surface area contributed by atoms with E-state index in [1.165, 1.54) is 6.42 Å². The summed E-state index contributed by atoms with van der Waals surface area (Å²) in [5.41, 5.74) is 5.61. The molecular weight excluding hydrogens is 226 g/mol. The van der Waals surface area contributed by atoms with Crippen molar-refractivity contribution in [1.29, 1.82) is 0 Å². The summed E-state index contributed by atoms with van der Waals surface area (Å²) in [4.78, 5) is 10.7. The average molecular weight is 251 g/mol. The summed E-state index contributed by atoms with van der Waals surface area (Å²) in [7, 11) is 0. The largest absolute Gasteiger partial charge is 0.384 e. The van der Waals surface area contributed by atoms with Crippen LogP contribution in [0.15, 0.2) is 12.3 Å². The Hall–Kier alpha value is -1.36. The predicted molar refractivity (Wildman–Crippen MR) is 76.6 cm³/mol. The Bertz CT molecular complexity index is 338. The molecule has 5 heteroatoms. The van der Waals surface area contributed by atoms with Gasteiger partial charge < -0.3 is 16.0 Å². The van der Waals surface area contributed by atoms with E-state index in [0.717, 1.165) is 26.1 Å². The van der Waals surface area contributed by atoms with Crippen molar-refractivity contribution >= 4 is 11.8 Å². The Kier molecular flexibility index (Phi) is 6.43. The standard InChI is InChI=1S/C13H25N5/c1-4-18(5-2)10-6-7-11(3)16-13-15-9-8-12(14)17-13/h8-9,11H,4-7,10H2,1-3H3,(H3,14,15,16,17). The van der Waals surface area contributed by atoms with Crippen LogP contribution in [0.1, 0.15) is 33.6 Å². The maximum Gasteiger partial charge on any atom is 0.224 e. The van der Waals surface area contributed by atoms with Gasteiger partial charge in [0.1, 0.15) is 5.82 Å². The van der Waals surface area contributed by atoms with Gasteiger partial charge in [-0.15, -0.1) is 0 Å². The van der Waals surface area contributed by atoms with Gasteiger partial charge in [0, 0.05) is 12.2 Å². The quantitative estimate of drug-likeness (QED) is 0.739. The highest BCUT2D eigenvalue weighted by Gasteiger charge is 2.05. The first-order chi connectivity index (χ1) is 8.65. The Morgan fingerprint density at radius 1 is 1.39 bits per heavy atom. The third-order valence-corrected chi connectivity index (χ3v) is 3.06. The zero-order valence-corrected chi connectivity index (χ0v) is 11.7. The van der Waals surface area contributed by atoms with Gasteiger partial charge in [-0.25, -0.2) is 4.98 Å². The van der Waals surface area contributed by atoms with Gasteiger partial charge in [-0.1, -0.05) is 13.8 Å². The Morgan fingerprint density at radius 3 is 2.72 bits per heavy atom. The summed E-state index contributed by atoms with van der Waals surface area (Å²) in [6.07, 6.45) is 3.96. The third-order valence-electron chi connectivity index (χ3n) is 3.06. The lowest BCUT2D eigenvalue weighted by Gasteiger charge is -2.19. The molecule has 0 radical (unpaired) electrons. The maximum absolute atomic E-state index is 5.61. The monoisotopic (exact) mass is 251 g/mol. The van der Waals surface area contributed by atoms with Crippen LogP contribution in [0.3, 0.4) is 0 Å². The van der Waals surface area contributed by atoms with Crippen molar-refractivity contribution in [3.05, 3.63) is 12.3 Å². The van der Waals surface area contributed by atoms with Gasteiger partial charge in [-0.05, 0) is 45.5 Å². The molecule has 0 aliphatic rings. The Morgan fingerprint density at radius 2 is 2.11 bits per heavy atom. The van der Waals surface area contributed by atoms with Crippen LogP contribution in [0.5, 0.6) is 0 Å². The van der Waals surface area contributed by atoms with E-state index in [2.05, 4.69) is 41.0 Å². The molecule has 0 bridgehead atoms. The van der Waals surface area contributed by atoms with Gasteiger partial charge >= 0.3 is 0 Å². The number of anilines is 2. The van der Waals surface area contributed by atoms with E-state index in [4.69, 9.17) is 5.73 Å². The lowest BCUT2D eigenvalue weighted by atomic mass is 10.2. The molecule has 0 saturated heterocycles. The number of nitrogen functional groups attached to an aromatic ring is 1. The molecule has 1 aromatic rings. The molecule has 1 atom stereocenters. The van der Waals surface area contributed by atoms with E-state index in [1.54, 1.807) is 12.3 Å². The van der Waals surface area contributed by atoms with Crippen molar-refractivity contribution in [1.82, 2.24) is 14.9 Å². The zero-order valence-electron chi connectivity index (χ0n) is 11.7. The second-order valence-electron chi connectivity index (χ2n) is 4.52. The van der Waals surface area contributed by atoms with E-state index in [0.29, 0.717) is 17.8 Å². The molecular formula is C13H25N5. The maximum atomic E-state index is 5.61. The highest BCUT2D eigenvalue weighted by molar-refractivity contribution is 5.35. The lowest BCUT2D eigenvalue weighted by molar-refractivity contribution is 0.295. The Balaban J connectivity index is 2.27. The second kappa shape index (κ2) is 7.87. The van der Waals surface area contributed by atoms with E-state index < -0.39 is 0 Å². The van der Waals surface area contributed by atoms with Crippen LogP contribution in [0.25, 0.3) is 0 Å². The lowest BCUT2D eigenvalue weighted by Crippen LogP contribution is -2.26. The number of nitrogens with one attached hydrogen (secondary N) is 1. The first-order valence-electron chi connectivity index (χ1n) is 6.73. The highest BCUT2D eigenvalue weighted by Crippen LogP contribution is 2.07. The molecule has 0 aromatic carbocycles. The molecule has 102 valence electrons.